The van der Waals surface area contributed by atoms with Gasteiger partial charge in [-0.15, -0.1) is 0 Å². The molecule has 0 amide bonds. The van der Waals surface area contributed by atoms with Crippen molar-refractivity contribution in [1.82, 2.24) is 4.90 Å². The van der Waals surface area contributed by atoms with Crippen molar-refractivity contribution < 1.29 is 13.9 Å². The molecule has 6 heteroatoms. The molecule has 1 saturated heterocycles. The van der Waals surface area contributed by atoms with E-state index in [1.165, 1.54) is 19.3 Å². The van der Waals surface area contributed by atoms with Gasteiger partial charge in [-0.05, 0) is 54.7 Å². The summed E-state index contributed by atoms with van der Waals surface area (Å²) in [5.74, 6) is 2.24. The molecule has 0 atom stereocenters. The third kappa shape index (κ3) is 5.49. The summed E-state index contributed by atoms with van der Waals surface area (Å²) >= 11 is 0. The Balaban J connectivity index is 1.68. The lowest BCUT2D eigenvalue weighted by Gasteiger charge is -2.31. The maximum Gasteiger partial charge on any atom is 0.457 e. The lowest BCUT2D eigenvalue weighted by molar-refractivity contribution is -0.202. The van der Waals surface area contributed by atoms with Crippen LogP contribution < -0.4 is 13.9 Å². The highest BCUT2D eigenvalue weighted by Crippen LogP contribution is 2.54. The van der Waals surface area contributed by atoms with E-state index in [2.05, 4.69) is 4.90 Å². The first-order valence-corrected chi connectivity index (χ1v) is 12.2. The molecule has 0 unspecified atom stereocenters. The smallest absolute Gasteiger partial charge is 0.457 e. The minimum Gasteiger partial charge on any atom is -0.595 e. The van der Waals surface area contributed by atoms with E-state index in [0.29, 0.717) is 17.4 Å². The minimum atomic E-state index is -3.79. The largest absolute Gasteiger partial charge is 0.595 e. The van der Waals surface area contributed by atoms with E-state index in [1.807, 2.05) is 36.4 Å². The van der Waals surface area contributed by atoms with Gasteiger partial charge < -0.3 is 9.79 Å². The first-order valence-electron chi connectivity index (χ1n) is 10.7. The molecule has 2 fully saturated rings. The second-order valence-electron chi connectivity index (χ2n) is 7.76. The van der Waals surface area contributed by atoms with Gasteiger partial charge in [0.25, 0.3) is 0 Å². The summed E-state index contributed by atoms with van der Waals surface area (Å²) < 4.78 is 16.6. The summed E-state index contributed by atoms with van der Waals surface area (Å²) in [6.45, 7) is 1.93. The van der Waals surface area contributed by atoms with Gasteiger partial charge in [0.05, 0.1) is 0 Å². The molecular weight excluding hydrogens is 383 g/mol. The molecule has 2 aliphatic rings. The van der Waals surface area contributed by atoms with Crippen LogP contribution >= 0.6 is 8.09 Å². The third-order valence-electron chi connectivity index (χ3n) is 5.55. The zero-order chi connectivity index (χ0) is 19.9. The lowest BCUT2D eigenvalue weighted by Crippen LogP contribution is -2.36. The first-order chi connectivity index (χ1) is 14.2. The first kappa shape index (κ1) is 20.2. The zero-order valence-electron chi connectivity index (χ0n) is 16.8. The van der Waals surface area contributed by atoms with Crippen LogP contribution in [0.2, 0.25) is 0 Å². The number of hydrogen-bond donors (Lipinski definition) is 0. The molecule has 0 N–H and O–H groups in total. The van der Waals surface area contributed by atoms with Crippen LogP contribution in [0.5, 0.6) is 11.5 Å². The van der Waals surface area contributed by atoms with Crippen molar-refractivity contribution in [1.29, 1.82) is 0 Å². The van der Waals surface area contributed by atoms with E-state index < -0.39 is 8.09 Å². The van der Waals surface area contributed by atoms with Crippen LogP contribution in [0.15, 0.2) is 65.4 Å². The van der Waals surface area contributed by atoms with Crippen LogP contribution in [0.4, 0.5) is 0 Å². The van der Waals surface area contributed by atoms with Crippen molar-refractivity contribution in [2.75, 3.05) is 13.1 Å². The lowest BCUT2D eigenvalue weighted by atomic mass is 9.88. The second-order valence-corrected chi connectivity index (χ2v) is 9.27. The molecule has 0 bridgehead atoms. The van der Waals surface area contributed by atoms with Crippen LogP contribution in [-0.4, -0.2) is 23.8 Å². The highest BCUT2D eigenvalue weighted by molar-refractivity contribution is 7.58. The number of para-hydroxylation sites is 2. The third-order valence-corrected chi connectivity index (χ3v) is 6.89. The highest BCUT2D eigenvalue weighted by atomic mass is 31.2. The Bertz CT molecular complexity index is 747. The predicted octanol–water partition coefficient (Wildman–Crippen LogP) is 5.26. The van der Waals surface area contributed by atoms with Crippen molar-refractivity contribution in [3.63, 3.8) is 0 Å². The van der Waals surface area contributed by atoms with Crippen molar-refractivity contribution in [2.45, 2.75) is 44.9 Å². The molecule has 0 aromatic heterocycles. The molecule has 1 aliphatic carbocycles. The predicted molar refractivity (Wildman–Crippen MR) is 116 cm³/mol. The molecule has 0 spiro atoms. The Kier molecular flexibility index (Phi) is 6.68. The molecule has 2 aromatic rings. The van der Waals surface area contributed by atoms with Gasteiger partial charge in [-0.3, -0.25) is 9.05 Å². The van der Waals surface area contributed by atoms with E-state index in [1.54, 1.807) is 24.3 Å². The van der Waals surface area contributed by atoms with Gasteiger partial charge in [-0.1, -0.05) is 55.7 Å². The number of amidine groups is 1. The van der Waals surface area contributed by atoms with Gasteiger partial charge in [-0.25, -0.2) is 0 Å². The number of nitrogens with zero attached hydrogens (tertiary/aromatic N) is 2. The SMILES string of the molecule is [O-][P+](N=C(C1CCCCC1)N1CCCC1)(Oc1ccccc1)Oc1ccccc1. The van der Waals surface area contributed by atoms with Crippen LogP contribution in [0.25, 0.3) is 0 Å². The van der Waals surface area contributed by atoms with E-state index in [-0.39, 0.29) is 0 Å². The van der Waals surface area contributed by atoms with E-state index in [0.717, 1.165) is 44.6 Å². The average Bonchev–Trinajstić information content (AvgIpc) is 3.29. The highest BCUT2D eigenvalue weighted by Gasteiger charge is 2.38. The quantitative estimate of drug-likeness (QED) is 0.369. The fourth-order valence-electron chi connectivity index (χ4n) is 4.12. The zero-order valence-corrected chi connectivity index (χ0v) is 17.7. The number of hydrogen-bond acceptors (Lipinski definition) is 4. The Morgan fingerprint density at radius 1 is 0.793 bits per heavy atom. The second kappa shape index (κ2) is 9.60. The number of likely N-dealkylation sites (tertiary alicyclic amines) is 1. The average molecular weight is 412 g/mol. The normalized spacial score (nSPS) is 18.7. The van der Waals surface area contributed by atoms with Gasteiger partial charge in [-0.2, -0.15) is 0 Å². The van der Waals surface area contributed by atoms with E-state index in [9.17, 15) is 4.89 Å². The Morgan fingerprint density at radius 3 is 1.83 bits per heavy atom. The van der Waals surface area contributed by atoms with Crippen molar-refractivity contribution >= 4 is 13.9 Å². The minimum absolute atomic E-state index is 0.328. The molecule has 1 aliphatic heterocycles. The van der Waals surface area contributed by atoms with Gasteiger partial charge in [0.2, 0.25) is 0 Å². The topological polar surface area (TPSA) is 57.1 Å². The van der Waals surface area contributed by atoms with E-state index >= 15 is 0 Å². The monoisotopic (exact) mass is 412 g/mol. The molecule has 0 radical (unpaired) electrons. The summed E-state index contributed by atoms with van der Waals surface area (Å²) in [6, 6.07) is 18.4. The summed E-state index contributed by atoms with van der Waals surface area (Å²) in [4.78, 5) is 16.2. The number of benzene rings is 2. The van der Waals surface area contributed by atoms with E-state index in [4.69, 9.17) is 13.8 Å². The molecule has 29 heavy (non-hydrogen) atoms. The van der Waals surface area contributed by atoms with Crippen LogP contribution in [0, 0.1) is 5.92 Å². The summed E-state index contributed by atoms with van der Waals surface area (Å²) in [5.41, 5.74) is 0. The fourth-order valence-corrected chi connectivity index (χ4v) is 5.56. The molecule has 2 aromatic carbocycles. The molecule has 154 valence electrons. The molecule has 5 nitrogen and oxygen atoms in total. The van der Waals surface area contributed by atoms with Gasteiger partial charge in [0, 0.05) is 19.0 Å². The maximum absolute atomic E-state index is 13.9. The van der Waals surface area contributed by atoms with Gasteiger partial charge >= 0.3 is 8.09 Å². The Hall–Kier alpha value is -2.10. The fraction of sp³-hybridized carbons (Fsp3) is 0.435. The maximum atomic E-state index is 13.9. The molecular formula is C23H29N2O3P. The molecule has 4 rings (SSSR count). The van der Waals surface area contributed by atoms with Crippen LogP contribution in [-0.2, 0) is 0 Å². The van der Waals surface area contributed by atoms with Gasteiger partial charge in [0.15, 0.2) is 17.3 Å². The van der Waals surface area contributed by atoms with Crippen LogP contribution in [0.1, 0.15) is 44.9 Å². The Labute approximate surface area is 174 Å². The standard InChI is InChI=1S/C23H29N2O3P/c26-29(27-21-14-6-2-7-15-21,28-22-16-8-3-9-17-22)24-23(25-18-10-11-19-25)20-12-4-1-5-13-20/h2-3,6-9,14-17,20H,1,4-5,10-13,18-19H2. The van der Waals surface area contributed by atoms with Crippen molar-refractivity contribution in [3.05, 3.63) is 60.7 Å². The van der Waals surface area contributed by atoms with Crippen molar-refractivity contribution in [3.8, 4) is 11.5 Å². The van der Waals surface area contributed by atoms with Crippen molar-refractivity contribution in [2.24, 2.45) is 10.7 Å². The summed E-state index contributed by atoms with van der Waals surface area (Å²) in [6.07, 6.45) is 8.13. The molecule has 1 heterocycles. The van der Waals surface area contributed by atoms with Crippen LogP contribution in [0.3, 0.4) is 0 Å². The summed E-state index contributed by atoms with van der Waals surface area (Å²) in [5, 5.41) is 0. The Morgan fingerprint density at radius 2 is 1.31 bits per heavy atom. The summed E-state index contributed by atoms with van der Waals surface area (Å²) in [7, 11) is -3.79. The number of rotatable bonds is 6. The van der Waals surface area contributed by atoms with Gasteiger partial charge in [0.1, 0.15) is 0 Å². The molecule has 1 saturated carbocycles.